The van der Waals surface area contributed by atoms with Gasteiger partial charge in [0.15, 0.2) is 0 Å². The molecule has 0 saturated carbocycles. The SMILES string of the molecule is Cc1c(Br)cccc1C(=O)NC(C)Cc1ccsc1. The molecule has 2 aromatic rings. The predicted octanol–water partition coefficient (Wildman–Crippen LogP) is 4.18. The van der Waals surface area contributed by atoms with Crippen molar-refractivity contribution in [2.45, 2.75) is 26.3 Å². The quantitative estimate of drug-likeness (QED) is 0.890. The van der Waals surface area contributed by atoms with Crippen LogP contribution in [0.4, 0.5) is 0 Å². The van der Waals surface area contributed by atoms with Crippen LogP contribution in [0.1, 0.15) is 28.4 Å². The summed E-state index contributed by atoms with van der Waals surface area (Å²) >= 11 is 5.13. The molecular formula is C15H16BrNOS. The molecule has 1 N–H and O–H groups in total. The molecule has 0 fully saturated rings. The molecule has 0 radical (unpaired) electrons. The summed E-state index contributed by atoms with van der Waals surface area (Å²) in [5.74, 6) is -0.0125. The zero-order valence-corrected chi connectivity index (χ0v) is 13.3. The standard InChI is InChI=1S/C15H16BrNOS/c1-10(8-12-6-7-19-9-12)17-15(18)13-4-3-5-14(16)11(13)2/h3-7,9-10H,8H2,1-2H3,(H,17,18). The summed E-state index contributed by atoms with van der Waals surface area (Å²) in [6.07, 6.45) is 0.863. The van der Waals surface area contributed by atoms with Crippen LogP contribution in [-0.4, -0.2) is 11.9 Å². The summed E-state index contributed by atoms with van der Waals surface area (Å²) in [5.41, 5.74) is 2.97. The van der Waals surface area contributed by atoms with Crippen molar-refractivity contribution < 1.29 is 4.79 Å². The average Bonchev–Trinajstić information content (AvgIpc) is 2.85. The van der Waals surface area contributed by atoms with E-state index >= 15 is 0 Å². The van der Waals surface area contributed by atoms with Gasteiger partial charge >= 0.3 is 0 Å². The Morgan fingerprint density at radius 2 is 2.21 bits per heavy atom. The average molecular weight is 338 g/mol. The fourth-order valence-corrected chi connectivity index (χ4v) is 3.02. The molecule has 1 heterocycles. The Hall–Kier alpha value is -1.13. The van der Waals surface area contributed by atoms with E-state index in [2.05, 4.69) is 38.1 Å². The number of thiophene rings is 1. The summed E-state index contributed by atoms with van der Waals surface area (Å²) in [7, 11) is 0. The Morgan fingerprint density at radius 3 is 2.89 bits per heavy atom. The lowest BCUT2D eigenvalue weighted by atomic mass is 10.1. The van der Waals surface area contributed by atoms with E-state index in [0.29, 0.717) is 0 Å². The first-order valence-corrected chi connectivity index (χ1v) is 7.88. The number of hydrogen-bond acceptors (Lipinski definition) is 2. The normalized spacial score (nSPS) is 12.2. The second-order valence-corrected chi connectivity index (χ2v) is 6.26. The highest BCUT2D eigenvalue weighted by molar-refractivity contribution is 9.10. The van der Waals surface area contributed by atoms with Gasteiger partial charge in [0, 0.05) is 16.1 Å². The van der Waals surface area contributed by atoms with Gasteiger partial charge in [-0.05, 0) is 60.4 Å². The Bertz CT molecular complexity index is 566. The van der Waals surface area contributed by atoms with Gasteiger partial charge in [0.1, 0.15) is 0 Å². The van der Waals surface area contributed by atoms with Gasteiger partial charge in [0.25, 0.3) is 5.91 Å². The molecule has 2 rings (SSSR count). The van der Waals surface area contributed by atoms with Crippen molar-refractivity contribution in [3.8, 4) is 0 Å². The summed E-state index contributed by atoms with van der Waals surface area (Å²) < 4.78 is 0.964. The van der Waals surface area contributed by atoms with Crippen LogP contribution < -0.4 is 5.32 Å². The number of hydrogen-bond donors (Lipinski definition) is 1. The Labute approximate surface area is 126 Å². The molecule has 1 atom stereocenters. The largest absolute Gasteiger partial charge is 0.349 e. The highest BCUT2D eigenvalue weighted by atomic mass is 79.9. The summed E-state index contributed by atoms with van der Waals surface area (Å²) in [6.45, 7) is 3.98. The molecule has 0 spiro atoms. The highest BCUT2D eigenvalue weighted by Gasteiger charge is 2.13. The van der Waals surface area contributed by atoms with Crippen LogP contribution in [0, 0.1) is 6.92 Å². The second-order valence-electron chi connectivity index (χ2n) is 4.62. The topological polar surface area (TPSA) is 29.1 Å². The second kappa shape index (κ2) is 6.35. The molecule has 1 amide bonds. The van der Waals surface area contributed by atoms with Crippen molar-refractivity contribution in [2.75, 3.05) is 0 Å². The van der Waals surface area contributed by atoms with E-state index in [-0.39, 0.29) is 11.9 Å². The van der Waals surface area contributed by atoms with Crippen LogP contribution in [-0.2, 0) is 6.42 Å². The minimum absolute atomic E-state index is 0.0125. The number of benzene rings is 1. The smallest absolute Gasteiger partial charge is 0.251 e. The molecule has 1 aromatic heterocycles. The van der Waals surface area contributed by atoms with Gasteiger partial charge < -0.3 is 5.32 Å². The van der Waals surface area contributed by atoms with Gasteiger partial charge in [0.05, 0.1) is 0 Å². The van der Waals surface area contributed by atoms with E-state index in [9.17, 15) is 4.79 Å². The minimum atomic E-state index is -0.0125. The van der Waals surface area contributed by atoms with E-state index in [0.717, 1.165) is 22.0 Å². The zero-order valence-electron chi connectivity index (χ0n) is 10.9. The van der Waals surface area contributed by atoms with Crippen LogP contribution in [0.5, 0.6) is 0 Å². The lowest BCUT2D eigenvalue weighted by Crippen LogP contribution is -2.34. The Balaban J connectivity index is 2.02. The Morgan fingerprint density at radius 1 is 1.42 bits per heavy atom. The monoisotopic (exact) mass is 337 g/mol. The number of halogens is 1. The lowest BCUT2D eigenvalue weighted by Gasteiger charge is -2.14. The van der Waals surface area contributed by atoms with Gasteiger partial charge in [-0.3, -0.25) is 4.79 Å². The first kappa shape index (κ1) is 14.3. The fourth-order valence-electron chi connectivity index (χ4n) is 1.97. The Kier molecular flexibility index (Phi) is 4.77. The molecule has 2 nitrogen and oxygen atoms in total. The minimum Gasteiger partial charge on any atom is -0.349 e. The van der Waals surface area contributed by atoms with Crippen LogP contribution >= 0.6 is 27.3 Å². The molecule has 0 aliphatic rings. The number of carbonyl (C=O) groups is 1. The molecule has 0 bridgehead atoms. The lowest BCUT2D eigenvalue weighted by molar-refractivity contribution is 0.0939. The van der Waals surface area contributed by atoms with E-state index in [4.69, 9.17) is 0 Å². The third-order valence-electron chi connectivity index (χ3n) is 3.01. The van der Waals surface area contributed by atoms with Gasteiger partial charge in [0.2, 0.25) is 0 Å². The molecule has 0 aliphatic carbocycles. The molecular weight excluding hydrogens is 322 g/mol. The van der Waals surface area contributed by atoms with Crippen molar-refractivity contribution in [3.05, 3.63) is 56.2 Å². The van der Waals surface area contributed by atoms with Gasteiger partial charge in [-0.2, -0.15) is 11.3 Å². The third-order valence-corrected chi connectivity index (χ3v) is 4.60. The number of amides is 1. The van der Waals surface area contributed by atoms with Crippen molar-refractivity contribution in [1.82, 2.24) is 5.32 Å². The van der Waals surface area contributed by atoms with Gasteiger partial charge in [-0.1, -0.05) is 22.0 Å². The molecule has 100 valence electrons. The van der Waals surface area contributed by atoms with Crippen LogP contribution in [0.15, 0.2) is 39.5 Å². The first-order valence-electron chi connectivity index (χ1n) is 6.15. The highest BCUT2D eigenvalue weighted by Crippen LogP contribution is 2.19. The number of nitrogens with one attached hydrogen (secondary N) is 1. The zero-order chi connectivity index (χ0) is 13.8. The van der Waals surface area contributed by atoms with E-state index < -0.39 is 0 Å². The number of carbonyl (C=O) groups excluding carboxylic acids is 1. The van der Waals surface area contributed by atoms with E-state index in [1.807, 2.05) is 32.0 Å². The maximum Gasteiger partial charge on any atom is 0.251 e. The fraction of sp³-hybridized carbons (Fsp3) is 0.267. The van der Waals surface area contributed by atoms with Crippen LogP contribution in [0.25, 0.3) is 0 Å². The molecule has 1 aromatic carbocycles. The summed E-state index contributed by atoms with van der Waals surface area (Å²) in [6, 6.07) is 7.90. The van der Waals surface area contributed by atoms with Crippen LogP contribution in [0.2, 0.25) is 0 Å². The van der Waals surface area contributed by atoms with E-state index in [1.165, 1.54) is 5.56 Å². The predicted molar refractivity (Wildman–Crippen MR) is 83.8 cm³/mol. The van der Waals surface area contributed by atoms with Crippen molar-refractivity contribution >= 4 is 33.2 Å². The third kappa shape index (κ3) is 3.67. The first-order chi connectivity index (χ1) is 9.08. The van der Waals surface area contributed by atoms with Gasteiger partial charge in [-0.15, -0.1) is 0 Å². The molecule has 4 heteroatoms. The summed E-state index contributed by atoms with van der Waals surface area (Å²) in [4.78, 5) is 12.2. The maximum atomic E-state index is 12.2. The molecule has 19 heavy (non-hydrogen) atoms. The molecule has 0 aliphatic heterocycles. The van der Waals surface area contributed by atoms with Gasteiger partial charge in [-0.25, -0.2) is 0 Å². The number of rotatable bonds is 4. The molecule has 0 saturated heterocycles. The van der Waals surface area contributed by atoms with Crippen molar-refractivity contribution in [1.29, 1.82) is 0 Å². The van der Waals surface area contributed by atoms with Crippen LogP contribution in [0.3, 0.4) is 0 Å². The van der Waals surface area contributed by atoms with Crippen molar-refractivity contribution in [3.63, 3.8) is 0 Å². The molecule has 1 unspecified atom stereocenters. The van der Waals surface area contributed by atoms with E-state index in [1.54, 1.807) is 11.3 Å². The van der Waals surface area contributed by atoms with Crippen molar-refractivity contribution in [2.24, 2.45) is 0 Å². The maximum absolute atomic E-state index is 12.2. The summed E-state index contributed by atoms with van der Waals surface area (Å²) in [5, 5.41) is 7.22.